The second-order valence-corrected chi connectivity index (χ2v) is 6.06. The number of ether oxygens (including phenoxy) is 2. The molecule has 0 atom stereocenters. The highest BCUT2D eigenvalue weighted by Gasteiger charge is 2.10. The molecule has 0 aliphatic rings. The molecule has 144 valence electrons. The molecule has 1 heterocycles. The van der Waals surface area contributed by atoms with Gasteiger partial charge in [0.05, 0.1) is 12.9 Å². The third-order valence-electron chi connectivity index (χ3n) is 4.02. The maximum absolute atomic E-state index is 12.0. The van der Waals surface area contributed by atoms with Crippen LogP contribution in [0.25, 0.3) is 0 Å². The average molecular weight is 379 g/mol. The van der Waals surface area contributed by atoms with Crippen molar-refractivity contribution >= 4 is 17.4 Å². The fraction of sp³-hybridized carbons (Fsp3) is 0.182. The van der Waals surface area contributed by atoms with Crippen molar-refractivity contribution in [2.45, 2.75) is 20.5 Å². The van der Waals surface area contributed by atoms with Crippen LogP contribution in [0.15, 0.2) is 65.3 Å². The highest BCUT2D eigenvalue weighted by atomic mass is 16.5. The van der Waals surface area contributed by atoms with Gasteiger partial charge in [0.15, 0.2) is 11.5 Å². The van der Waals surface area contributed by atoms with Crippen molar-refractivity contribution in [2.24, 2.45) is 0 Å². The summed E-state index contributed by atoms with van der Waals surface area (Å²) in [6, 6.07) is 15.6. The van der Waals surface area contributed by atoms with Crippen molar-refractivity contribution in [2.75, 3.05) is 11.9 Å². The third kappa shape index (κ3) is 4.79. The molecule has 0 radical (unpaired) electrons. The Hall–Kier alpha value is -3.54. The predicted octanol–water partition coefficient (Wildman–Crippen LogP) is 4.71. The first-order chi connectivity index (χ1) is 13.6. The van der Waals surface area contributed by atoms with Crippen molar-refractivity contribution in [3.63, 3.8) is 0 Å². The van der Waals surface area contributed by atoms with E-state index in [4.69, 9.17) is 13.9 Å². The lowest BCUT2D eigenvalue weighted by atomic mass is 10.1. The molecule has 0 saturated carbocycles. The fourth-order valence-corrected chi connectivity index (χ4v) is 2.60. The number of hydrogen-bond donors (Lipinski definition) is 1. The van der Waals surface area contributed by atoms with E-state index in [9.17, 15) is 9.59 Å². The summed E-state index contributed by atoms with van der Waals surface area (Å²) in [5.41, 5.74) is 2.03. The van der Waals surface area contributed by atoms with E-state index in [0.717, 1.165) is 5.56 Å². The van der Waals surface area contributed by atoms with Gasteiger partial charge < -0.3 is 19.2 Å². The molecule has 0 bridgehead atoms. The molecule has 3 aromatic rings. The van der Waals surface area contributed by atoms with E-state index < -0.39 is 0 Å². The molecule has 6 nitrogen and oxygen atoms in total. The molecule has 0 fully saturated rings. The summed E-state index contributed by atoms with van der Waals surface area (Å²) in [6.07, 6.45) is 1.45. The number of Topliss-reactive ketones (excluding diaryl/α,β-unsaturated/α-hetero) is 1. The minimum atomic E-state index is -0.318. The Labute approximate surface area is 163 Å². The van der Waals surface area contributed by atoms with Crippen molar-refractivity contribution in [1.82, 2.24) is 0 Å². The predicted molar refractivity (Wildman–Crippen MR) is 105 cm³/mol. The van der Waals surface area contributed by atoms with E-state index in [1.807, 2.05) is 6.92 Å². The van der Waals surface area contributed by atoms with Crippen LogP contribution in [0.4, 0.5) is 5.69 Å². The molecule has 0 aliphatic heterocycles. The number of nitrogens with one attached hydrogen (secondary N) is 1. The van der Waals surface area contributed by atoms with Gasteiger partial charge in [0, 0.05) is 16.8 Å². The van der Waals surface area contributed by atoms with Crippen LogP contribution >= 0.6 is 0 Å². The Balaban J connectivity index is 1.65. The first kappa shape index (κ1) is 19.2. The van der Waals surface area contributed by atoms with Crippen molar-refractivity contribution in [1.29, 1.82) is 0 Å². The van der Waals surface area contributed by atoms with E-state index in [1.54, 1.807) is 54.6 Å². The molecule has 0 spiro atoms. The number of rotatable bonds is 8. The molecule has 3 rings (SSSR count). The van der Waals surface area contributed by atoms with Gasteiger partial charge in [-0.1, -0.05) is 0 Å². The monoisotopic (exact) mass is 379 g/mol. The average Bonchev–Trinajstić information content (AvgIpc) is 3.23. The lowest BCUT2D eigenvalue weighted by Crippen LogP contribution is -2.10. The Morgan fingerprint density at radius 3 is 2.46 bits per heavy atom. The lowest BCUT2D eigenvalue weighted by Gasteiger charge is -2.13. The normalized spacial score (nSPS) is 10.4. The number of furan rings is 1. The fourth-order valence-electron chi connectivity index (χ4n) is 2.60. The number of ketones is 1. The van der Waals surface area contributed by atoms with E-state index in [1.165, 1.54) is 13.2 Å². The Morgan fingerprint density at radius 1 is 1.04 bits per heavy atom. The van der Waals surface area contributed by atoms with Crippen molar-refractivity contribution < 1.29 is 23.5 Å². The van der Waals surface area contributed by atoms with Crippen LogP contribution in [0, 0.1) is 0 Å². The molecule has 0 aliphatic carbocycles. The molecule has 1 amide bonds. The van der Waals surface area contributed by atoms with Crippen LogP contribution < -0.4 is 14.8 Å². The summed E-state index contributed by atoms with van der Waals surface area (Å²) >= 11 is 0. The van der Waals surface area contributed by atoms with Crippen LogP contribution in [-0.2, 0) is 6.61 Å². The number of benzene rings is 2. The molecule has 0 saturated heterocycles. The van der Waals surface area contributed by atoms with Gasteiger partial charge in [-0.05, 0) is 68.4 Å². The van der Waals surface area contributed by atoms with Crippen molar-refractivity contribution in [3.8, 4) is 11.5 Å². The molecule has 2 aromatic carbocycles. The zero-order chi connectivity index (χ0) is 19.9. The van der Waals surface area contributed by atoms with Gasteiger partial charge in [0.1, 0.15) is 18.1 Å². The standard InChI is InChI=1S/C22H21NO5/c1-3-26-20-11-6-16(15(2)24)13-17(20)14-28-19-9-7-18(8-10-19)23-22(25)21-5-4-12-27-21/h4-13H,3,14H2,1-2H3,(H,23,25). The van der Waals surface area contributed by atoms with Crippen molar-refractivity contribution in [3.05, 3.63) is 77.7 Å². The minimum absolute atomic E-state index is 0.0130. The second-order valence-electron chi connectivity index (χ2n) is 6.06. The van der Waals surface area contributed by atoms with Crippen LogP contribution in [0.2, 0.25) is 0 Å². The Morgan fingerprint density at radius 2 is 1.82 bits per heavy atom. The largest absolute Gasteiger partial charge is 0.493 e. The lowest BCUT2D eigenvalue weighted by molar-refractivity contribution is 0.0993. The van der Waals surface area contributed by atoms with E-state index in [-0.39, 0.29) is 24.1 Å². The smallest absolute Gasteiger partial charge is 0.291 e. The summed E-state index contributed by atoms with van der Waals surface area (Å²) < 4.78 is 16.5. The van der Waals surface area contributed by atoms with Crippen LogP contribution in [-0.4, -0.2) is 18.3 Å². The minimum Gasteiger partial charge on any atom is -0.493 e. The highest BCUT2D eigenvalue weighted by molar-refractivity contribution is 6.02. The Kier molecular flexibility index (Phi) is 6.11. The van der Waals surface area contributed by atoms with Gasteiger partial charge in [0.2, 0.25) is 0 Å². The van der Waals surface area contributed by atoms with Gasteiger partial charge in [-0.15, -0.1) is 0 Å². The van der Waals surface area contributed by atoms with Gasteiger partial charge in [-0.2, -0.15) is 0 Å². The van der Waals surface area contributed by atoms with Gasteiger partial charge in [-0.25, -0.2) is 0 Å². The number of carbonyl (C=O) groups excluding carboxylic acids is 2. The molecular formula is C22H21NO5. The summed E-state index contributed by atoms with van der Waals surface area (Å²) in [7, 11) is 0. The first-order valence-corrected chi connectivity index (χ1v) is 8.91. The highest BCUT2D eigenvalue weighted by Crippen LogP contribution is 2.24. The number of anilines is 1. The second kappa shape index (κ2) is 8.90. The molecule has 0 unspecified atom stereocenters. The zero-order valence-corrected chi connectivity index (χ0v) is 15.7. The first-order valence-electron chi connectivity index (χ1n) is 8.91. The topological polar surface area (TPSA) is 77.8 Å². The summed E-state index contributed by atoms with van der Waals surface area (Å²) in [4.78, 5) is 23.6. The van der Waals surface area contributed by atoms with E-state index >= 15 is 0 Å². The summed E-state index contributed by atoms with van der Waals surface area (Å²) in [5.74, 6) is 1.23. The maximum Gasteiger partial charge on any atom is 0.291 e. The van der Waals surface area contributed by atoms with Gasteiger partial charge in [-0.3, -0.25) is 9.59 Å². The quantitative estimate of drug-likeness (QED) is 0.574. The third-order valence-corrected chi connectivity index (χ3v) is 4.02. The number of hydrogen-bond acceptors (Lipinski definition) is 5. The van der Waals surface area contributed by atoms with Crippen LogP contribution in [0.1, 0.15) is 40.3 Å². The Bertz CT molecular complexity index is 946. The van der Waals surface area contributed by atoms with Gasteiger partial charge >= 0.3 is 0 Å². The SMILES string of the molecule is CCOc1ccc(C(C)=O)cc1COc1ccc(NC(=O)c2ccco2)cc1. The zero-order valence-electron chi connectivity index (χ0n) is 15.7. The summed E-state index contributed by atoms with van der Waals surface area (Å²) in [6.45, 7) is 4.21. The molecule has 6 heteroatoms. The molecule has 1 N–H and O–H groups in total. The van der Waals surface area contributed by atoms with Crippen LogP contribution in [0.3, 0.4) is 0 Å². The molecular weight excluding hydrogens is 358 g/mol. The number of amides is 1. The maximum atomic E-state index is 12.0. The van der Waals surface area contributed by atoms with Gasteiger partial charge in [0.25, 0.3) is 5.91 Å². The molecule has 1 aromatic heterocycles. The van der Waals surface area contributed by atoms with E-state index in [2.05, 4.69) is 5.32 Å². The van der Waals surface area contributed by atoms with E-state index in [0.29, 0.717) is 29.4 Å². The van der Waals surface area contributed by atoms with Crippen LogP contribution in [0.5, 0.6) is 11.5 Å². The molecule has 28 heavy (non-hydrogen) atoms. The number of carbonyl (C=O) groups is 2. The summed E-state index contributed by atoms with van der Waals surface area (Å²) in [5, 5.41) is 2.75.